The molecule has 0 aromatic carbocycles. The molecule has 2 amide bonds. The van der Waals surface area contributed by atoms with E-state index in [4.69, 9.17) is 5.11 Å². The van der Waals surface area contributed by atoms with Gasteiger partial charge < -0.3 is 14.9 Å². The van der Waals surface area contributed by atoms with Gasteiger partial charge in [-0.15, -0.1) is 11.3 Å². The maximum atomic E-state index is 12.1. The Morgan fingerprint density at radius 1 is 1.42 bits per heavy atom. The van der Waals surface area contributed by atoms with Crippen LogP contribution < -0.4 is 0 Å². The SMILES string of the molecule is CC(CN(C)C(=O)N(C)Cc1csc(Br)c1)C(=O)O. The minimum absolute atomic E-state index is 0.185. The highest BCUT2D eigenvalue weighted by atomic mass is 79.9. The molecule has 0 radical (unpaired) electrons. The average Bonchev–Trinajstić information content (AvgIpc) is 2.73. The molecule has 0 bridgehead atoms. The van der Waals surface area contributed by atoms with Crippen molar-refractivity contribution in [2.45, 2.75) is 13.5 Å². The number of carbonyl (C=O) groups excluding carboxylic acids is 1. The number of rotatable bonds is 5. The number of halogens is 1. The van der Waals surface area contributed by atoms with Gasteiger partial charge in [0, 0.05) is 27.2 Å². The summed E-state index contributed by atoms with van der Waals surface area (Å²) < 4.78 is 1.02. The number of thiophene rings is 1. The summed E-state index contributed by atoms with van der Waals surface area (Å²) in [6.45, 7) is 2.29. The van der Waals surface area contributed by atoms with Crippen LogP contribution in [-0.2, 0) is 11.3 Å². The Labute approximate surface area is 124 Å². The molecule has 5 nitrogen and oxygen atoms in total. The van der Waals surface area contributed by atoms with Crippen LogP contribution in [0.3, 0.4) is 0 Å². The Morgan fingerprint density at radius 2 is 2.05 bits per heavy atom. The lowest BCUT2D eigenvalue weighted by Crippen LogP contribution is -2.41. The molecule has 1 N–H and O–H groups in total. The molecule has 1 aromatic heterocycles. The zero-order valence-electron chi connectivity index (χ0n) is 11.1. The van der Waals surface area contributed by atoms with Gasteiger partial charge in [-0.25, -0.2) is 4.79 Å². The lowest BCUT2D eigenvalue weighted by Gasteiger charge is -2.25. The first-order chi connectivity index (χ1) is 8.81. The van der Waals surface area contributed by atoms with Crippen molar-refractivity contribution in [2.24, 2.45) is 5.92 Å². The predicted octanol–water partition coefficient (Wildman–Crippen LogP) is 2.71. The smallest absolute Gasteiger partial charge is 0.319 e. The fourth-order valence-corrected chi connectivity index (χ4v) is 2.83. The van der Waals surface area contributed by atoms with Crippen molar-refractivity contribution in [1.29, 1.82) is 0 Å². The van der Waals surface area contributed by atoms with Crippen LogP contribution in [0.1, 0.15) is 12.5 Å². The van der Waals surface area contributed by atoms with E-state index < -0.39 is 11.9 Å². The van der Waals surface area contributed by atoms with Gasteiger partial charge in [-0.05, 0) is 32.9 Å². The quantitative estimate of drug-likeness (QED) is 0.889. The number of nitrogens with zero attached hydrogens (tertiary/aromatic N) is 2. The largest absolute Gasteiger partial charge is 0.481 e. The molecule has 106 valence electrons. The standard InChI is InChI=1S/C12H17BrN2O3S/c1-8(11(16)17)5-14(2)12(18)15(3)6-9-4-10(13)19-7-9/h4,7-8H,5-6H2,1-3H3,(H,16,17). The third-order valence-corrected chi connectivity index (χ3v) is 4.22. The number of hydrogen-bond donors (Lipinski definition) is 1. The molecule has 1 aromatic rings. The average molecular weight is 349 g/mol. The Bertz CT molecular complexity index is 464. The molecule has 1 unspecified atom stereocenters. The summed E-state index contributed by atoms with van der Waals surface area (Å²) in [5.41, 5.74) is 1.05. The second-order valence-electron chi connectivity index (χ2n) is 4.52. The lowest BCUT2D eigenvalue weighted by atomic mass is 10.2. The number of amides is 2. The highest BCUT2D eigenvalue weighted by Gasteiger charge is 2.20. The summed E-state index contributed by atoms with van der Waals surface area (Å²) >= 11 is 4.94. The van der Waals surface area contributed by atoms with Crippen molar-refractivity contribution in [3.63, 3.8) is 0 Å². The zero-order chi connectivity index (χ0) is 14.6. The third kappa shape index (κ3) is 4.83. The highest BCUT2D eigenvalue weighted by molar-refractivity contribution is 9.11. The minimum atomic E-state index is -0.899. The summed E-state index contributed by atoms with van der Waals surface area (Å²) in [7, 11) is 3.32. The molecule has 0 saturated heterocycles. The minimum Gasteiger partial charge on any atom is -0.481 e. The molecule has 1 rings (SSSR count). The summed E-state index contributed by atoms with van der Waals surface area (Å²) in [6, 6.07) is 1.78. The zero-order valence-corrected chi connectivity index (χ0v) is 13.5. The van der Waals surface area contributed by atoms with Crippen LogP contribution >= 0.6 is 27.3 Å². The summed E-state index contributed by atoms with van der Waals surface area (Å²) in [4.78, 5) is 25.8. The fraction of sp³-hybridized carbons (Fsp3) is 0.500. The fourth-order valence-electron chi connectivity index (χ4n) is 1.63. The molecule has 0 aliphatic carbocycles. The van der Waals surface area contributed by atoms with E-state index in [0.717, 1.165) is 9.35 Å². The molecule has 0 aliphatic rings. The second kappa shape index (κ2) is 6.91. The number of urea groups is 1. The number of carbonyl (C=O) groups is 2. The molecule has 1 atom stereocenters. The van der Waals surface area contributed by atoms with E-state index in [0.29, 0.717) is 6.54 Å². The molecule has 7 heteroatoms. The second-order valence-corrected chi connectivity index (χ2v) is 6.81. The van der Waals surface area contributed by atoms with Crippen LogP contribution in [0.15, 0.2) is 15.2 Å². The van der Waals surface area contributed by atoms with Crippen LogP contribution in [0, 0.1) is 5.92 Å². The first-order valence-electron chi connectivity index (χ1n) is 5.73. The molecule has 0 saturated carbocycles. The van der Waals surface area contributed by atoms with Gasteiger partial charge >= 0.3 is 12.0 Å². The maximum Gasteiger partial charge on any atom is 0.319 e. The Balaban J connectivity index is 2.54. The first kappa shape index (κ1) is 16.0. The van der Waals surface area contributed by atoms with Gasteiger partial charge in [-0.1, -0.05) is 6.92 Å². The van der Waals surface area contributed by atoms with E-state index in [2.05, 4.69) is 15.9 Å². The van der Waals surface area contributed by atoms with Crippen LogP contribution in [0.5, 0.6) is 0 Å². The van der Waals surface area contributed by atoms with Gasteiger partial charge in [0.2, 0.25) is 0 Å². The van der Waals surface area contributed by atoms with Crippen molar-refractivity contribution in [3.8, 4) is 0 Å². The van der Waals surface area contributed by atoms with E-state index in [9.17, 15) is 9.59 Å². The van der Waals surface area contributed by atoms with E-state index in [1.807, 2.05) is 11.4 Å². The molecule has 19 heavy (non-hydrogen) atoms. The van der Waals surface area contributed by atoms with Crippen molar-refractivity contribution in [2.75, 3.05) is 20.6 Å². The first-order valence-corrected chi connectivity index (χ1v) is 7.40. The molecular formula is C12H17BrN2O3S. The maximum absolute atomic E-state index is 12.1. The van der Waals surface area contributed by atoms with Gasteiger partial charge in [0.05, 0.1) is 9.70 Å². The molecule has 1 heterocycles. The molecule has 0 fully saturated rings. The Morgan fingerprint density at radius 3 is 2.53 bits per heavy atom. The highest BCUT2D eigenvalue weighted by Crippen LogP contribution is 2.21. The topological polar surface area (TPSA) is 60.9 Å². The van der Waals surface area contributed by atoms with Crippen molar-refractivity contribution in [3.05, 3.63) is 20.8 Å². The van der Waals surface area contributed by atoms with Crippen LogP contribution in [0.4, 0.5) is 4.79 Å². The van der Waals surface area contributed by atoms with Gasteiger partial charge in [0.25, 0.3) is 0 Å². The number of carboxylic acid groups (broad SMARTS) is 1. The van der Waals surface area contributed by atoms with E-state index in [1.165, 1.54) is 4.90 Å². The summed E-state index contributed by atoms with van der Waals surface area (Å²) in [5.74, 6) is -1.47. The van der Waals surface area contributed by atoms with E-state index in [1.54, 1.807) is 37.3 Å². The van der Waals surface area contributed by atoms with Gasteiger partial charge in [-0.3, -0.25) is 4.79 Å². The molecule has 0 aliphatic heterocycles. The molecular weight excluding hydrogens is 332 g/mol. The van der Waals surface area contributed by atoms with Crippen LogP contribution in [-0.4, -0.2) is 47.5 Å². The summed E-state index contributed by atoms with van der Waals surface area (Å²) in [6.07, 6.45) is 0. The van der Waals surface area contributed by atoms with Crippen molar-refractivity contribution in [1.82, 2.24) is 9.80 Å². The van der Waals surface area contributed by atoms with Crippen LogP contribution in [0.2, 0.25) is 0 Å². The van der Waals surface area contributed by atoms with E-state index in [-0.39, 0.29) is 12.6 Å². The normalized spacial score (nSPS) is 12.0. The summed E-state index contributed by atoms with van der Waals surface area (Å²) in [5, 5.41) is 10.8. The Kier molecular flexibility index (Phi) is 5.81. The third-order valence-electron chi connectivity index (χ3n) is 2.66. The number of carboxylic acids is 1. The number of hydrogen-bond acceptors (Lipinski definition) is 3. The van der Waals surface area contributed by atoms with E-state index >= 15 is 0 Å². The van der Waals surface area contributed by atoms with Gasteiger partial charge in [0.15, 0.2) is 0 Å². The Hall–Kier alpha value is -1.08. The van der Waals surface area contributed by atoms with Crippen LogP contribution in [0.25, 0.3) is 0 Å². The lowest BCUT2D eigenvalue weighted by molar-refractivity contribution is -0.141. The van der Waals surface area contributed by atoms with Crippen molar-refractivity contribution >= 4 is 39.3 Å². The van der Waals surface area contributed by atoms with Gasteiger partial charge in [-0.2, -0.15) is 0 Å². The number of aliphatic carboxylic acids is 1. The predicted molar refractivity (Wildman–Crippen MR) is 78.3 cm³/mol. The van der Waals surface area contributed by atoms with Gasteiger partial charge in [0.1, 0.15) is 0 Å². The molecule has 0 spiro atoms. The monoisotopic (exact) mass is 348 g/mol. The van der Waals surface area contributed by atoms with Crippen molar-refractivity contribution < 1.29 is 14.7 Å².